The van der Waals surface area contributed by atoms with Crippen LogP contribution in [0.3, 0.4) is 0 Å². The summed E-state index contributed by atoms with van der Waals surface area (Å²) in [6, 6.07) is 5.26. The number of nitrogens with zero attached hydrogens (tertiary/aromatic N) is 6. The van der Waals surface area contributed by atoms with Crippen LogP contribution in [0.2, 0.25) is 5.28 Å². The molecular weight excluding hydrogens is 280 g/mol. The van der Waals surface area contributed by atoms with Gasteiger partial charge in [0.25, 0.3) is 5.95 Å². The van der Waals surface area contributed by atoms with Crippen molar-refractivity contribution in [2.45, 2.75) is 0 Å². The smallest absolute Gasteiger partial charge is 0.255 e. The predicted molar refractivity (Wildman–Crippen MR) is 71.7 cm³/mol. The minimum absolute atomic E-state index is 0.0938. The molecule has 7 nitrogen and oxygen atoms in total. The van der Waals surface area contributed by atoms with Crippen molar-refractivity contribution in [3.63, 3.8) is 0 Å². The van der Waals surface area contributed by atoms with Gasteiger partial charge in [0.05, 0.1) is 7.11 Å². The summed E-state index contributed by atoms with van der Waals surface area (Å²) in [5, 5.41) is 4.16. The van der Waals surface area contributed by atoms with Gasteiger partial charge in [-0.25, -0.2) is 9.67 Å². The molecule has 0 N–H and O–H groups in total. The van der Waals surface area contributed by atoms with Gasteiger partial charge in [-0.3, -0.25) is 0 Å². The molecule has 3 aromatic rings. The largest absolute Gasteiger partial charge is 0.481 e. The molecule has 0 atom stereocenters. The van der Waals surface area contributed by atoms with Crippen molar-refractivity contribution in [2.75, 3.05) is 7.11 Å². The molecule has 0 spiro atoms. The van der Waals surface area contributed by atoms with Crippen molar-refractivity contribution in [3.05, 3.63) is 42.1 Å². The highest BCUT2D eigenvalue weighted by molar-refractivity contribution is 6.28. The molecule has 0 saturated heterocycles. The first kappa shape index (κ1) is 12.5. The van der Waals surface area contributed by atoms with Gasteiger partial charge in [-0.05, 0) is 23.7 Å². The van der Waals surface area contributed by atoms with Crippen LogP contribution in [0.1, 0.15) is 0 Å². The summed E-state index contributed by atoms with van der Waals surface area (Å²) in [5.74, 6) is 1.25. The van der Waals surface area contributed by atoms with Crippen LogP contribution in [0, 0.1) is 0 Å². The highest BCUT2D eigenvalue weighted by Gasteiger charge is 2.10. The standard InChI is InChI=1S/C12H9ClN6O/c1-20-9-7-8(3-5-14-9)10-16-11(13)18-12(17-10)19-6-2-4-15-19/h2-7H,1H3. The first-order valence-corrected chi connectivity index (χ1v) is 6.06. The second kappa shape index (κ2) is 5.22. The van der Waals surface area contributed by atoms with Gasteiger partial charge in [-0.15, -0.1) is 0 Å². The van der Waals surface area contributed by atoms with Crippen molar-refractivity contribution in [1.29, 1.82) is 0 Å². The summed E-state index contributed by atoms with van der Waals surface area (Å²) in [6.45, 7) is 0. The van der Waals surface area contributed by atoms with Crippen molar-refractivity contribution < 1.29 is 4.74 Å². The quantitative estimate of drug-likeness (QED) is 0.731. The molecule has 3 heterocycles. The lowest BCUT2D eigenvalue weighted by Crippen LogP contribution is -2.05. The highest BCUT2D eigenvalue weighted by atomic mass is 35.5. The van der Waals surface area contributed by atoms with E-state index < -0.39 is 0 Å². The van der Waals surface area contributed by atoms with Gasteiger partial charge in [-0.1, -0.05) is 0 Å². The number of methoxy groups -OCH3 is 1. The zero-order valence-corrected chi connectivity index (χ0v) is 11.2. The number of rotatable bonds is 3. The molecule has 0 fully saturated rings. The summed E-state index contributed by atoms with van der Waals surface area (Å²) >= 11 is 5.94. The van der Waals surface area contributed by atoms with Crippen LogP contribution in [-0.2, 0) is 0 Å². The Bertz CT molecular complexity index is 731. The number of hydrogen-bond acceptors (Lipinski definition) is 6. The molecule has 0 saturated carbocycles. The van der Waals surface area contributed by atoms with Gasteiger partial charge < -0.3 is 4.74 Å². The summed E-state index contributed by atoms with van der Waals surface area (Å²) < 4.78 is 6.59. The Kier molecular flexibility index (Phi) is 3.26. The maximum Gasteiger partial charge on any atom is 0.255 e. The summed E-state index contributed by atoms with van der Waals surface area (Å²) in [4.78, 5) is 16.5. The van der Waals surface area contributed by atoms with E-state index in [1.807, 2.05) is 0 Å². The molecule has 100 valence electrons. The minimum atomic E-state index is 0.0938. The van der Waals surface area contributed by atoms with E-state index in [1.54, 1.807) is 43.9 Å². The molecule has 0 amide bonds. The number of pyridine rings is 1. The molecule has 3 rings (SSSR count). The van der Waals surface area contributed by atoms with Crippen molar-refractivity contribution >= 4 is 11.6 Å². The van der Waals surface area contributed by atoms with E-state index in [1.165, 1.54) is 4.68 Å². The zero-order chi connectivity index (χ0) is 13.9. The maximum atomic E-state index is 5.94. The third kappa shape index (κ3) is 2.43. The SMILES string of the molecule is COc1cc(-c2nc(Cl)nc(-n3cccn3)n2)ccn1. The molecule has 0 aliphatic carbocycles. The zero-order valence-electron chi connectivity index (χ0n) is 10.4. The Morgan fingerprint density at radius 3 is 2.85 bits per heavy atom. The van der Waals surface area contributed by atoms with Crippen LogP contribution in [0.15, 0.2) is 36.8 Å². The Labute approximate surface area is 119 Å². The summed E-state index contributed by atoms with van der Waals surface area (Å²) in [7, 11) is 1.54. The second-order valence-corrected chi connectivity index (χ2v) is 4.10. The van der Waals surface area contributed by atoms with Gasteiger partial charge in [0.15, 0.2) is 5.82 Å². The average Bonchev–Trinajstić information content (AvgIpc) is 3.01. The van der Waals surface area contributed by atoms with Crippen LogP contribution < -0.4 is 4.74 Å². The molecule has 0 aromatic carbocycles. The molecule has 3 aromatic heterocycles. The number of hydrogen-bond donors (Lipinski definition) is 0. The fourth-order valence-corrected chi connectivity index (χ4v) is 1.77. The topological polar surface area (TPSA) is 78.6 Å². The van der Waals surface area contributed by atoms with E-state index in [0.717, 1.165) is 5.56 Å². The Morgan fingerprint density at radius 2 is 2.10 bits per heavy atom. The van der Waals surface area contributed by atoms with Gasteiger partial charge in [0.1, 0.15) is 0 Å². The second-order valence-electron chi connectivity index (χ2n) is 3.77. The molecular formula is C12H9ClN6O. The summed E-state index contributed by atoms with van der Waals surface area (Å²) in [6.07, 6.45) is 4.97. The lowest BCUT2D eigenvalue weighted by molar-refractivity contribution is 0.398. The van der Waals surface area contributed by atoms with Crippen molar-refractivity contribution in [1.82, 2.24) is 29.7 Å². The van der Waals surface area contributed by atoms with Crippen LogP contribution in [0.25, 0.3) is 17.3 Å². The van der Waals surface area contributed by atoms with E-state index in [9.17, 15) is 0 Å². The van der Waals surface area contributed by atoms with Gasteiger partial charge in [-0.2, -0.15) is 20.1 Å². The number of aromatic nitrogens is 6. The van der Waals surface area contributed by atoms with Crippen LogP contribution in [0.5, 0.6) is 5.88 Å². The Hall–Kier alpha value is -2.54. The van der Waals surface area contributed by atoms with E-state index >= 15 is 0 Å². The molecule has 20 heavy (non-hydrogen) atoms. The molecule has 0 aliphatic rings. The van der Waals surface area contributed by atoms with E-state index in [0.29, 0.717) is 17.7 Å². The van der Waals surface area contributed by atoms with Gasteiger partial charge >= 0.3 is 0 Å². The molecule has 0 radical (unpaired) electrons. The van der Waals surface area contributed by atoms with Crippen molar-refractivity contribution in [3.8, 4) is 23.2 Å². The fourth-order valence-electron chi connectivity index (χ4n) is 1.62. The highest BCUT2D eigenvalue weighted by Crippen LogP contribution is 2.20. The monoisotopic (exact) mass is 288 g/mol. The number of halogens is 1. The maximum absolute atomic E-state index is 5.94. The lowest BCUT2D eigenvalue weighted by atomic mass is 10.2. The average molecular weight is 289 g/mol. The Balaban J connectivity index is 2.09. The number of ether oxygens (including phenoxy) is 1. The minimum Gasteiger partial charge on any atom is -0.481 e. The van der Waals surface area contributed by atoms with Crippen molar-refractivity contribution in [2.24, 2.45) is 0 Å². The van der Waals surface area contributed by atoms with E-state index in [4.69, 9.17) is 16.3 Å². The van der Waals surface area contributed by atoms with Crippen LogP contribution in [-0.4, -0.2) is 36.8 Å². The normalized spacial score (nSPS) is 10.5. The fraction of sp³-hybridized carbons (Fsp3) is 0.0833. The van der Waals surface area contributed by atoms with E-state index in [-0.39, 0.29) is 5.28 Å². The molecule has 0 bridgehead atoms. The van der Waals surface area contributed by atoms with Crippen LogP contribution >= 0.6 is 11.6 Å². The first-order valence-electron chi connectivity index (χ1n) is 5.68. The van der Waals surface area contributed by atoms with E-state index in [2.05, 4.69) is 25.0 Å². The Morgan fingerprint density at radius 1 is 1.20 bits per heavy atom. The first-order chi connectivity index (χ1) is 9.76. The molecule has 8 heteroatoms. The van der Waals surface area contributed by atoms with Gasteiger partial charge in [0, 0.05) is 30.2 Å². The van der Waals surface area contributed by atoms with Gasteiger partial charge in [0.2, 0.25) is 11.2 Å². The third-order valence-electron chi connectivity index (χ3n) is 2.51. The molecule has 0 unspecified atom stereocenters. The molecule has 0 aliphatic heterocycles. The van der Waals surface area contributed by atoms with Crippen LogP contribution in [0.4, 0.5) is 0 Å². The predicted octanol–water partition coefficient (Wildman–Crippen LogP) is 1.78. The summed E-state index contributed by atoms with van der Waals surface area (Å²) in [5.41, 5.74) is 0.731. The lowest BCUT2D eigenvalue weighted by Gasteiger charge is -2.05. The third-order valence-corrected chi connectivity index (χ3v) is 2.68.